The number of hydrogen-bond acceptors (Lipinski definition) is 6. The van der Waals surface area contributed by atoms with E-state index in [9.17, 15) is 14.4 Å². The lowest BCUT2D eigenvalue weighted by molar-refractivity contribution is -0.167. The van der Waals surface area contributed by atoms with Crippen LogP contribution in [-0.4, -0.2) is 37.2 Å². The molecule has 0 rings (SSSR count). The number of rotatable bonds is 61. The Morgan fingerprint density at radius 2 is 0.470 bits per heavy atom. The Labute approximate surface area is 512 Å². The van der Waals surface area contributed by atoms with Gasteiger partial charge >= 0.3 is 17.9 Å². The number of hydrogen-bond donors (Lipinski definition) is 0. The lowest BCUT2D eigenvalue weighted by Crippen LogP contribution is -2.30. The third-order valence-electron chi connectivity index (χ3n) is 14.3. The predicted octanol–water partition coefficient (Wildman–Crippen LogP) is 23.9. The van der Waals surface area contributed by atoms with Gasteiger partial charge in [-0.1, -0.05) is 308 Å². The number of ether oxygens (including phenoxy) is 3. The Morgan fingerprint density at radius 3 is 0.735 bits per heavy atom. The highest BCUT2D eigenvalue weighted by molar-refractivity contribution is 5.71. The number of carbonyl (C=O) groups excluding carboxylic acids is 3. The third-order valence-corrected chi connectivity index (χ3v) is 14.3. The zero-order chi connectivity index (χ0) is 59.9. The number of allylic oxidation sites excluding steroid dienone is 24. The van der Waals surface area contributed by atoms with E-state index >= 15 is 0 Å². The Kier molecular flexibility index (Phi) is 65.8. The van der Waals surface area contributed by atoms with E-state index in [-0.39, 0.29) is 31.1 Å². The highest BCUT2D eigenvalue weighted by atomic mass is 16.6. The molecule has 0 fully saturated rings. The smallest absolute Gasteiger partial charge is 0.306 e. The van der Waals surface area contributed by atoms with E-state index in [1.807, 2.05) is 0 Å². The van der Waals surface area contributed by atoms with Gasteiger partial charge in [0.25, 0.3) is 0 Å². The molecular formula is C77H126O6. The largest absolute Gasteiger partial charge is 0.462 e. The fourth-order valence-electron chi connectivity index (χ4n) is 9.27. The fourth-order valence-corrected chi connectivity index (χ4v) is 9.27. The molecule has 0 aliphatic rings. The van der Waals surface area contributed by atoms with Crippen molar-refractivity contribution in [2.45, 2.75) is 309 Å². The summed E-state index contributed by atoms with van der Waals surface area (Å²) < 4.78 is 16.9. The zero-order valence-corrected chi connectivity index (χ0v) is 53.9. The SMILES string of the molecule is CC/C=C\C/C=C\C/C=C\C/C=C\C/C=C\C/C=C\CCCCCCCCCCCCC(=O)OCC(COC(=O)CCCCCCCCCCC)OC(=O)CCCCCCCCCC/C=C\C/C=C\C/C=C\C/C=C\C/C=C\C/C=C\CC. The Bertz CT molecular complexity index is 1800. The van der Waals surface area contributed by atoms with Crippen LogP contribution >= 0.6 is 0 Å². The molecule has 0 aromatic carbocycles. The van der Waals surface area contributed by atoms with Gasteiger partial charge in [0, 0.05) is 19.3 Å². The van der Waals surface area contributed by atoms with E-state index in [2.05, 4.69) is 167 Å². The molecule has 0 aliphatic heterocycles. The van der Waals surface area contributed by atoms with E-state index in [1.54, 1.807) is 0 Å². The van der Waals surface area contributed by atoms with Crippen molar-refractivity contribution in [3.63, 3.8) is 0 Å². The highest BCUT2D eigenvalue weighted by Gasteiger charge is 2.19. The maximum atomic E-state index is 12.9. The van der Waals surface area contributed by atoms with E-state index < -0.39 is 6.10 Å². The average Bonchev–Trinajstić information content (AvgIpc) is 3.49. The molecule has 0 aromatic rings. The van der Waals surface area contributed by atoms with Gasteiger partial charge in [-0.2, -0.15) is 0 Å². The van der Waals surface area contributed by atoms with Crippen LogP contribution in [0.5, 0.6) is 0 Å². The first kappa shape index (κ1) is 78.3. The topological polar surface area (TPSA) is 78.9 Å². The van der Waals surface area contributed by atoms with Gasteiger partial charge in [0.05, 0.1) is 0 Å². The molecule has 0 heterocycles. The van der Waals surface area contributed by atoms with Crippen LogP contribution in [0.3, 0.4) is 0 Å². The minimum Gasteiger partial charge on any atom is -0.462 e. The molecule has 1 unspecified atom stereocenters. The standard InChI is InChI=1S/C77H126O6/c1-4-7-10-13-16-19-21-23-25-27-29-31-33-35-37-38-40-41-43-45-47-49-51-53-55-58-61-64-67-70-76(79)82-73-74(72-81-75(78)69-66-63-60-57-18-15-12-9-6-3)83-77(80)71-68-65-62-59-56-54-52-50-48-46-44-42-39-36-34-32-30-28-26-24-22-20-17-14-11-8-5-2/h7-8,10-11,16-17,19-20,23-26,29-32,35-37,39-41,44,46,74H,4-6,9,12-15,18,21-22,27-28,33-34,38,42-43,45,47-73H2,1-3H3/b10-7-,11-8-,19-16-,20-17-,25-23-,26-24-,31-29-,32-30-,37-35-,39-36-,41-40-,46-44-. The van der Waals surface area contributed by atoms with Gasteiger partial charge in [0.2, 0.25) is 0 Å². The van der Waals surface area contributed by atoms with Crippen molar-refractivity contribution in [3.05, 3.63) is 146 Å². The van der Waals surface area contributed by atoms with Gasteiger partial charge in [0.1, 0.15) is 13.2 Å². The van der Waals surface area contributed by atoms with Gasteiger partial charge in [-0.15, -0.1) is 0 Å². The van der Waals surface area contributed by atoms with E-state index in [0.717, 1.165) is 141 Å². The first-order valence-corrected chi connectivity index (χ1v) is 34.3. The van der Waals surface area contributed by atoms with E-state index in [0.29, 0.717) is 19.3 Å². The summed E-state index contributed by atoms with van der Waals surface area (Å²) in [5.41, 5.74) is 0. The molecule has 0 N–H and O–H groups in total. The molecule has 83 heavy (non-hydrogen) atoms. The average molecular weight is 1150 g/mol. The lowest BCUT2D eigenvalue weighted by Gasteiger charge is -2.18. The molecule has 6 heteroatoms. The summed E-state index contributed by atoms with van der Waals surface area (Å²) >= 11 is 0. The van der Waals surface area contributed by atoms with Crippen LogP contribution in [0.4, 0.5) is 0 Å². The van der Waals surface area contributed by atoms with Crippen LogP contribution in [-0.2, 0) is 28.6 Å². The van der Waals surface area contributed by atoms with Crippen LogP contribution in [0.2, 0.25) is 0 Å². The second-order valence-electron chi connectivity index (χ2n) is 22.3. The maximum absolute atomic E-state index is 12.9. The van der Waals surface area contributed by atoms with Gasteiger partial charge in [0.15, 0.2) is 6.10 Å². The minimum absolute atomic E-state index is 0.0845. The Balaban J connectivity index is 4.24. The monoisotopic (exact) mass is 1150 g/mol. The zero-order valence-electron chi connectivity index (χ0n) is 53.9. The summed E-state index contributed by atoms with van der Waals surface area (Å²) in [4.78, 5) is 38.3. The van der Waals surface area contributed by atoms with Crippen LogP contribution < -0.4 is 0 Å². The van der Waals surface area contributed by atoms with Crippen molar-refractivity contribution in [1.29, 1.82) is 0 Å². The summed E-state index contributed by atoms with van der Waals surface area (Å²) in [6.45, 7) is 6.39. The molecule has 0 saturated heterocycles. The second kappa shape index (κ2) is 69.8. The molecule has 0 radical (unpaired) electrons. The first-order valence-electron chi connectivity index (χ1n) is 34.3. The summed E-state index contributed by atoms with van der Waals surface area (Å²) in [6, 6.07) is 0. The fraction of sp³-hybridized carbons (Fsp3) is 0.649. The number of unbranched alkanes of at least 4 members (excludes halogenated alkanes) is 26. The molecule has 0 aliphatic carbocycles. The second-order valence-corrected chi connectivity index (χ2v) is 22.3. The molecule has 0 aromatic heterocycles. The van der Waals surface area contributed by atoms with E-state index in [1.165, 1.54) is 122 Å². The molecular weight excluding hydrogens is 1020 g/mol. The molecule has 0 bridgehead atoms. The van der Waals surface area contributed by atoms with Crippen molar-refractivity contribution in [2.24, 2.45) is 0 Å². The molecule has 0 amide bonds. The molecule has 1 atom stereocenters. The molecule has 6 nitrogen and oxygen atoms in total. The van der Waals surface area contributed by atoms with Gasteiger partial charge in [-0.25, -0.2) is 0 Å². The van der Waals surface area contributed by atoms with Crippen molar-refractivity contribution in [2.75, 3.05) is 13.2 Å². The Hall–Kier alpha value is -4.71. The molecule has 0 saturated carbocycles. The summed E-state index contributed by atoms with van der Waals surface area (Å²) in [7, 11) is 0. The summed E-state index contributed by atoms with van der Waals surface area (Å²) in [5.74, 6) is -0.896. The van der Waals surface area contributed by atoms with Crippen molar-refractivity contribution in [3.8, 4) is 0 Å². The van der Waals surface area contributed by atoms with Crippen LogP contribution in [0, 0.1) is 0 Å². The summed E-state index contributed by atoms with van der Waals surface area (Å²) in [6.07, 6.45) is 100. The van der Waals surface area contributed by atoms with Crippen molar-refractivity contribution in [1.82, 2.24) is 0 Å². The lowest BCUT2D eigenvalue weighted by atomic mass is 10.1. The van der Waals surface area contributed by atoms with Crippen LogP contribution in [0.1, 0.15) is 303 Å². The van der Waals surface area contributed by atoms with Crippen molar-refractivity contribution < 1.29 is 28.6 Å². The summed E-state index contributed by atoms with van der Waals surface area (Å²) in [5, 5.41) is 0. The molecule has 0 spiro atoms. The van der Waals surface area contributed by atoms with Gasteiger partial charge < -0.3 is 14.2 Å². The number of carbonyl (C=O) groups is 3. The predicted molar refractivity (Wildman–Crippen MR) is 362 cm³/mol. The minimum atomic E-state index is -0.789. The highest BCUT2D eigenvalue weighted by Crippen LogP contribution is 2.16. The van der Waals surface area contributed by atoms with Crippen molar-refractivity contribution >= 4 is 17.9 Å². The normalized spacial score (nSPS) is 13.0. The van der Waals surface area contributed by atoms with Gasteiger partial charge in [-0.05, 0) is 122 Å². The number of esters is 3. The quantitative estimate of drug-likeness (QED) is 0.0261. The molecule has 470 valence electrons. The van der Waals surface area contributed by atoms with Gasteiger partial charge in [-0.3, -0.25) is 14.4 Å². The maximum Gasteiger partial charge on any atom is 0.306 e. The first-order chi connectivity index (χ1) is 41.0. The third kappa shape index (κ3) is 68.0. The van der Waals surface area contributed by atoms with Crippen LogP contribution in [0.25, 0.3) is 0 Å². The Morgan fingerprint density at radius 1 is 0.253 bits per heavy atom. The van der Waals surface area contributed by atoms with E-state index in [4.69, 9.17) is 14.2 Å². The van der Waals surface area contributed by atoms with Crippen LogP contribution in [0.15, 0.2) is 146 Å².